The molecule has 1 saturated heterocycles. The maximum absolute atomic E-state index is 12.7. The first-order valence-corrected chi connectivity index (χ1v) is 8.83. The lowest BCUT2D eigenvalue weighted by Gasteiger charge is -2.30. The van der Waals surface area contributed by atoms with Gasteiger partial charge in [-0.2, -0.15) is 4.31 Å². The SMILES string of the molecule is COc1cc(Cl)c(S(=O)(=O)N2CCC(CN)CC2)cc1Cl.Cl. The molecule has 1 heterocycles. The highest BCUT2D eigenvalue weighted by Gasteiger charge is 2.31. The summed E-state index contributed by atoms with van der Waals surface area (Å²) in [6, 6.07) is 2.76. The molecule has 0 amide bonds. The summed E-state index contributed by atoms with van der Waals surface area (Å²) in [4.78, 5) is 0.0150. The molecule has 0 atom stereocenters. The van der Waals surface area contributed by atoms with Gasteiger partial charge in [0.25, 0.3) is 0 Å². The van der Waals surface area contributed by atoms with Gasteiger partial charge in [-0.1, -0.05) is 23.2 Å². The van der Waals surface area contributed by atoms with Crippen molar-refractivity contribution in [2.24, 2.45) is 11.7 Å². The molecule has 2 N–H and O–H groups in total. The van der Waals surface area contributed by atoms with Crippen LogP contribution in [-0.4, -0.2) is 39.5 Å². The summed E-state index contributed by atoms with van der Waals surface area (Å²) >= 11 is 12.1. The number of nitrogens with two attached hydrogens (primary N) is 1. The summed E-state index contributed by atoms with van der Waals surface area (Å²) in [5.41, 5.74) is 5.62. The second-order valence-corrected chi connectivity index (χ2v) is 7.72. The Morgan fingerprint density at radius 2 is 1.86 bits per heavy atom. The lowest BCUT2D eigenvalue weighted by atomic mass is 9.99. The number of nitrogens with zero attached hydrogens (tertiary/aromatic N) is 1. The highest BCUT2D eigenvalue weighted by atomic mass is 35.5. The average Bonchev–Trinajstić information content (AvgIpc) is 2.49. The van der Waals surface area contributed by atoms with Crippen LogP contribution in [0, 0.1) is 5.92 Å². The number of benzene rings is 1. The van der Waals surface area contributed by atoms with Crippen molar-refractivity contribution in [3.05, 3.63) is 22.2 Å². The van der Waals surface area contributed by atoms with E-state index in [9.17, 15) is 8.42 Å². The minimum Gasteiger partial charge on any atom is -0.495 e. The van der Waals surface area contributed by atoms with Gasteiger partial charge in [0, 0.05) is 19.2 Å². The van der Waals surface area contributed by atoms with E-state index >= 15 is 0 Å². The standard InChI is InChI=1S/C13H18Cl2N2O3S.ClH/c1-20-12-6-11(15)13(7-10(12)14)21(18,19)17-4-2-9(8-16)3-5-17;/h6-7,9H,2-5,8,16H2,1H3;1H. The van der Waals surface area contributed by atoms with Crippen LogP contribution in [0.4, 0.5) is 0 Å². The van der Waals surface area contributed by atoms with Crippen molar-refractivity contribution in [1.29, 1.82) is 0 Å². The largest absolute Gasteiger partial charge is 0.495 e. The van der Waals surface area contributed by atoms with Crippen molar-refractivity contribution in [2.75, 3.05) is 26.7 Å². The van der Waals surface area contributed by atoms with Gasteiger partial charge in [-0.3, -0.25) is 0 Å². The molecular weight excluding hydrogens is 371 g/mol. The molecular formula is C13H19Cl3N2O3S. The van der Waals surface area contributed by atoms with Crippen LogP contribution in [0.3, 0.4) is 0 Å². The number of ether oxygens (including phenoxy) is 1. The summed E-state index contributed by atoms with van der Waals surface area (Å²) in [6.07, 6.45) is 1.52. The van der Waals surface area contributed by atoms with E-state index in [1.54, 1.807) is 0 Å². The zero-order valence-corrected chi connectivity index (χ0v) is 15.2. The van der Waals surface area contributed by atoms with Crippen LogP contribution in [0.2, 0.25) is 10.0 Å². The maximum atomic E-state index is 12.7. The number of rotatable bonds is 4. The molecule has 0 spiro atoms. The van der Waals surface area contributed by atoms with Crippen LogP contribution in [0.15, 0.2) is 17.0 Å². The van der Waals surface area contributed by atoms with Gasteiger partial charge in [0.05, 0.1) is 17.2 Å². The van der Waals surface area contributed by atoms with Crippen LogP contribution >= 0.6 is 35.6 Å². The van der Waals surface area contributed by atoms with Gasteiger partial charge < -0.3 is 10.5 Å². The number of halogens is 3. The first-order valence-electron chi connectivity index (χ1n) is 6.63. The quantitative estimate of drug-likeness (QED) is 0.859. The molecule has 0 aromatic heterocycles. The molecule has 2 rings (SSSR count). The third kappa shape index (κ3) is 3.99. The third-order valence-electron chi connectivity index (χ3n) is 3.73. The zero-order chi connectivity index (χ0) is 15.6. The van der Waals surface area contributed by atoms with E-state index in [-0.39, 0.29) is 27.3 Å². The predicted octanol–water partition coefficient (Wildman–Crippen LogP) is 2.78. The average molecular weight is 390 g/mol. The molecule has 0 radical (unpaired) electrons. The molecule has 0 aliphatic carbocycles. The van der Waals surface area contributed by atoms with E-state index in [0.717, 1.165) is 12.8 Å². The summed E-state index contributed by atoms with van der Waals surface area (Å²) in [6.45, 7) is 1.48. The Labute approximate surface area is 147 Å². The van der Waals surface area contributed by atoms with Gasteiger partial charge in [-0.25, -0.2) is 8.42 Å². The molecule has 0 bridgehead atoms. The lowest BCUT2D eigenvalue weighted by molar-refractivity contribution is 0.278. The summed E-state index contributed by atoms with van der Waals surface area (Å²) in [5.74, 6) is 0.730. The molecule has 0 saturated carbocycles. The zero-order valence-electron chi connectivity index (χ0n) is 12.1. The predicted molar refractivity (Wildman–Crippen MR) is 90.8 cm³/mol. The fraction of sp³-hybridized carbons (Fsp3) is 0.538. The summed E-state index contributed by atoms with van der Waals surface area (Å²) in [5, 5.41) is 0.328. The van der Waals surface area contributed by atoms with Crippen LogP contribution < -0.4 is 10.5 Å². The van der Waals surface area contributed by atoms with Gasteiger partial charge in [0.15, 0.2) is 0 Å². The van der Waals surface area contributed by atoms with Crippen LogP contribution in [0.1, 0.15) is 12.8 Å². The summed E-state index contributed by atoms with van der Waals surface area (Å²) < 4.78 is 31.8. The molecule has 1 aliphatic rings. The minimum absolute atomic E-state index is 0. The van der Waals surface area contributed by atoms with Gasteiger partial charge in [0.2, 0.25) is 10.0 Å². The molecule has 1 aromatic rings. The molecule has 1 aliphatic heterocycles. The van der Waals surface area contributed by atoms with Crippen molar-refractivity contribution in [2.45, 2.75) is 17.7 Å². The fourth-order valence-electron chi connectivity index (χ4n) is 2.39. The van der Waals surface area contributed by atoms with Gasteiger partial charge in [0.1, 0.15) is 10.6 Å². The minimum atomic E-state index is -3.65. The van der Waals surface area contributed by atoms with Crippen molar-refractivity contribution in [3.63, 3.8) is 0 Å². The number of hydrogen-bond acceptors (Lipinski definition) is 4. The summed E-state index contributed by atoms with van der Waals surface area (Å²) in [7, 11) is -2.20. The second kappa shape index (κ2) is 8.04. The first kappa shape index (κ1) is 19.8. The molecule has 1 aromatic carbocycles. The highest BCUT2D eigenvalue weighted by molar-refractivity contribution is 7.89. The molecule has 126 valence electrons. The fourth-order valence-corrected chi connectivity index (χ4v) is 4.68. The molecule has 9 heteroatoms. The Hall–Kier alpha value is -0.240. The molecule has 1 fully saturated rings. The Kier molecular flexibility index (Phi) is 7.23. The van der Waals surface area contributed by atoms with Crippen LogP contribution in [0.25, 0.3) is 0 Å². The molecule has 0 unspecified atom stereocenters. The van der Waals surface area contributed by atoms with Crippen molar-refractivity contribution < 1.29 is 13.2 Å². The van der Waals surface area contributed by atoms with Crippen molar-refractivity contribution in [1.82, 2.24) is 4.31 Å². The highest BCUT2D eigenvalue weighted by Crippen LogP contribution is 2.35. The first-order chi connectivity index (χ1) is 9.90. The maximum Gasteiger partial charge on any atom is 0.244 e. The van der Waals surface area contributed by atoms with E-state index < -0.39 is 10.0 Å². The Bertz CT molecular complexity index is 617. The smallest absolute Gasteiger partial charge is 0.244 e. The lowest BCUT2D eigenvalue weighted by Crippen LogP contribution is -2.40. The van der Waals surface area contributed by atoms with E-state index in [2.05, 4.69) is 0 Å². The number of piperidine rings is 1. The van der Waals surface area contributed by atoms with E-state index in [1.165, 1.54) is 23.5 Å². The van der Waals surface area contributed by atoms with Gasteiger partial charge in [-0.05, 0) is 31.4 Å². The van der Waals surface area contributed by atoms with Crippen LogP contribution in [0.5, 0.6) is 5.75 Å². The monoisotopic (exact) mass is 388 g/mol. The Morgan fingerprint density at radius 3 is 2.36 bits per heavy atom. The number of hydrogen-bond donors (Lipinski definition) is 1. The number of methoxy groups -OCH3 is 1. The van der Waals surface area contributed by atoms with Crippen LogP contribution in [-0.2, 0) is 10.0 Å². The Morgan fingerprint density at radius 1 is 1.27 bits per heavy atom. The van der Waals surface area contributed by atoms with Gasteiger partial charge in [-0.15, -0.1) is 12.4 Å². The van der Waals surface area contributed by atoms with Crippen molar-refractivity contribution >= 4 is 45.6 Å². The Balaban J connectivity index is 0.00000242. The normalized spacial score (nSPS) is 17.1. The van der Waals surface area contributed by atoms with E-state index in [0.29, 0.717) is 31.3 Å². The van der Waals surface area contributed by atoms with E-state index in [4.69, 9.17) is 33.7 Å². The molecule has 22 heavy (non-hydrogen) atoms. The molecule has 5 nitrogen and oxygen atoms in total. The second-order valence-electron chi connectivity index (χ2n) is 5.00. The van der Waals surface area contributed by atoms with E-state index in [1.807, 2.05) is 0 Å². The van der Waals surface area contributed by atoms with Crippen molar-refractivity contribution in [3.8, 4) is 5.75 Å². The third-order valence-corrected chi connectivity index (χ3v) is 6.39. The topological polar surface area (TPSA) is 72.6 Å². The number of sulfonamides is 1. The van der Waals surface area contributed by atoms with Gasteiger partial charge >= 0.3 is 0 Å².